The van der Waals surface area contributed by atoms with Crippen LogP contribution in [-0.2, 0) is 11.3 Å². The zero-order valence-corrected chi connectivity index (χ0v) is 12.0. The molecule has 2 rings (SSSR count). The maximum Gasteiger partial charge on any atom is 0.120 e. The van der Waals surface area contributed by atoms with Gasteiger partial charge in [-0.1, -0.05) is 24.0 Å². The van der Waals surface area contributed by atoms with Gasteiger partial charge < -0.3 is 15.2 Å². The summed E-state index contributed by atoms with van der Waals surface area (Å²) in [4.78, 5) is 1.23. The van der Waals surface area contributed by atoms with Gasteiger partial charge in [-0.2, -0.15) is 0 Å². The SMILES string of the molecule is NCC#Cc1cccc(OCCOCc2cccs2)c1. The minimum Gasteiger partial charge on any atom is -0.491 e. The number of nitrogens with two attached hydrogens (primary N) is 1. The van der Waals surface area contributed by atoms with Gasteiger partial charge in [0.2, 0.25) is 0 Å². The molecule has 0 aliphatic heterocycles. The van der Waals surface area contributed by atoms with Crippen molar-refractivity contribution < 1.29 is 9.47 Å². The monoisotopic (exact) mass is 287 g/mol. The fourth-order valence-corrected chi connectivity index (χ4v) is 2.24. The van der Waals surface area contributed by atoms with Crippen LogP contribution < -0.4 is 10.5 Å². The second kappa shape index (κ2) is 8.39. The second-order valence-corrected chi connectivity index (χ2v) is 5.05. The van der Waals surface area contributed by atoms with E-state index in [0.29, 0.717) is 26.4 Å². The molecule has 1 aromatic carbocycles. The Bertz CT molecular complexity index is 570. The smallest absolute Gasteiger partial charge is 0.120 e. The van der Waals surface area contributed by atoms with Crippen LogP contribution in [0.5, 0.6) is 5.75 Å². The van der Waals surface area contributed by atoms with Gasteiger partial charge in [0.05, 0.1) is 19.8 Å². The van der Waals surface area contributed by atoms with E-state index >= 15 is 0 Å². The molecule has 2 N–H and O–H groups in total. The highest BCUT2D eigenvalue weighted by molar-refractivity contribution is 7.09. The van der Waals surface area contributed by atoms with E-state index in [1.165, 1.54) is 4.88 Å². The summed E-state index contributed by atoms with van der Waals surface area (Å²) < 4.78 is 11.2. The van der Waals surface area contributed by atoms with Crippen molar-refractivity contribution in [2.75, 3.05) is 19.8 Å². The van der Waals surface area contributed by atoms with E-state index in [0.717, 1.165) is 11.3 Å². The third kappa shape index (κ3) is 5.06. The van der Waals surface area contributed by atoms with Crippen LogP contribution >= 0.6 is 11.3 Å². The molecule has 20 heavy (non-hydrogen) atoms. The summed E-state index contributed by atoms with van der Waals surface area (Å²) >= 11 is 1.70. The molecule has 0 saturated heterocycles. The largest absolute Gasteiger partial charge is 0.491 e. The predicted molar refractivity (Wildman–Crippen MR) is 81.8 cm³/mol. The molecule has 0 fully saturated rings. The molecule has 0 unspecified atom stereocenters. The van der Waals surface area contributed by atoms with Gasteiger partial charge in [0.25, 0.3) is 0 Å². The molecule has 0 spiro atoms. The van der Waals surface area contributed by atoms with Crippen molar-refractivity contribution in [3.8, 4) is 17.6 Å². The van der Waals surface area contributed by atoms with Gasteiger partial charge in [-0.3, -0.25) is 0 Å². The van der Waals surface area contributed by atoms with Crippen LogP contribution in [0.2, 0.25) is 0 Å². The molecule has 0 bridgehead atoms. The summed E-state index contributed by atoms with van der Waals surface area (Å²) in [6, 6.07) is 11.7. The summed E-state index contributed by atoms with van der Waals surface area (Å²) in [7, 11) is 0. The average Bonchev–Trinajstić information content (AvgIpc) is 2.98. The van der Waals surface area contributed by atoms with Gasteiger partial charge >= 0.3 is 0 Å². The van der Waals surface area contributed by atoms with Crippen LogP contribution in [0.15, 0.2) is 41.8 Å². The van der Waals surface area contributed by atoms with Crippen molar-refractivity contribution >= 4 is 11.3 Å². The van der Waals surface area contributed by atoms with E-state index in [-0.39, 0.29) is 0 Å². The number of benzene rings is 1. The van der Waals surface area contributed by atoms with Crippen LogP contribution in [0.1, 0.15) is 10.4 Å². The molecule has 104 valence electrons. The van der Waals surface area contributed by atoms with Gasteiger partial charge in [-0.15, -0.1) is 11.3 Å². The van der Waals surface area contributed by atoms with E-state index in [2.05, 4.69) is 17.9 Å². The first-order chi connectivity index (χ1) is 9.88. The third-order valence-corrected chi connectivity index (χ3v) is 3.34. The van der Waals surface area contributed by atoms with Crippen molar-refractivity contribution in [2.24, 2.45) is 5.73 Å². The lowest BCUT2D eigenvalue weighted by Gasteiger charge is -2.06. The molecule has 3 nitrogen and oxygen atoms in total. The first-order valence-corrected chi connectivity index (χ1v) is 7.28. The molecule has 1 aromatic heterocycles. The van der Waals surface area contributed by atoms with E-state index in [1.54, 1.807) is 11.3 Å². The first-order valence-electron chi connectivity index (χ1n) is 6.40. The highest BCUT2D eigenvalue weighted by atomic mass is 32.1. The van der Waals surface area contributed by atoms with Crippen LogP contribution in [0, 0.1) is 11.8 Å². The van der Waals surface area contributed by atoms with E-state index in [1.807, 2.05) is 35.7 Å². The molecule has 0 radical (unpaired) electrons. The Hall–Kier alpha value is -1.80. The molecule has 2 aromatic rings. The summed E-state index contributed by atoms with van der Waals surface area (Å²) in [6.07, 6.45) is 0. The number of thiophene rings is 1. The standard InChI is InChI=1S/C16H17NO2S/c17-8-2-5-14-4-1-6-15(12-14)19-10-9-18-13-16-7-3-11-20-16/h1,3-4,6-7,11-12H,8-10,13,17H2. The molecule has 0 aliphatic rings. The zero-order valence-electron chi connectivity index (χ0n) is 11.2. The zero-order chi connectivity index (χ0) is 14.0. The lowest BCUT2D eigenvalue weighted by Crippen LogP contribution is -2.06. The minimum absolute atomic E-state index is 0.363. The van der Waals surface area contributed by atoms with Crippen LogP contribution in [0.3, 0.4) is 0 Å². The number of ether oxygens (including phenoxy) is 2. The summed E-state index contributed by atoms with van der Waals surface area (Å²) in [5, 5.41) is 2.04. The molecule has 1 heterocycles. The molecule has 0 aliphatic carbocycles. The van der Waals surface area contributed by atoms with Gasteiger partial charge in [0.1, 0.15) is 12.4 Å². The summed E-state index contributed by atoms with van der Waals surface area (Å²) in [5.41, 5.74) is 6.26. The van der Waals surface area contributed by atoms with Crippen molar-refractivity contribution in [1.82, 2.24) is 0 Å². The molecular weight excluding hydrogens is 270 g/mol. The fourth-order valence-electron chi connectivity index (χ4n) is 1.60. The van der Waals surface area contributed by atoms with E-state index < -0.39 is 0 Å². The highest BCUT2D eigenvalue weighted by Crippen LogP contribution is 2.13. The molecule has 0 amide bonds. The quantitative estimate of drug-likeness (QED) is 0.656. The Balaban J connectivity index is 1.71. The fraction of sp³-hybridized carbons (Fsp3) is 0.250. The van der Waals surface area contributed by atoms with Crippen LogP contribution in [-0.4, -0.2) is 19.8 Å². The van der Waals surface area contributed by atoms with Crippen molar-refractivity contribution in [3.05, 3.63) is 52.2 Å². The predicted octanol–water partition coefficient (Wildman–Crippen LogP) is 2.65. The molecule has 0 saturated carbocycles. The van der Waals surface area contributed by atoms with Crippen molar-refractivity contribution in [2.45, 2.75) is 6.61 Å². The highest BCUT2D eigenvalue weighted by Gasteiger charge is 1.97. The topological polar surface area (TPSA) is 44.5 Å². The van der Waals surface area contributed by atoms with Crippen LogP contribution in [0.4, 0.5) is 0 Å². The Labute approximate surface area is 123 Å². The third-order valence-electron chi connectivity index (χ3n) is 2.49. The lowest BCUT2D eigenvalue weighted by atomic mass is 10.2. The number of hydrogen-bond donors (Lipinski definition) is 1. The van der Waals surface area contributed by atoms with Gasteiger partial charge in [-0.05, 0) is 29.6 Å². The maximum atomic E-state index is 5.63. The molecule has 4 heteroatoms. The number of hydrogen-bond acceptors (Lipinski definition) is 4. The Morgan fingerprint density at radius 1 is 1.15 bits per heavy atom. The van der Waals surface area contributed by atoms with Gasteiger partial charge in [-0.25, -0.2) is 0 Å². The number of rotatable bonds is 6. The average molecular weight is 287 g/mol. The lowest BCUT2D eigenvalue weighted by molar-refractivity contribution is 0.0905. The Morgan fingerprint density at radius 2 is 2.10 bits per heavy atom. The second-order valence-electron chi connectivity index (χ2n) is 4.01. The maximum absolute atomic E-state index is 5.63. The Kier molecular flexibility index (Phi) is 6.12. The molecule has 0 atom stereocenters. The van der Waals surface area contributed by atoms with Crippen molar-refractivity contribution in [3.63, 3.8) is 0 Å². The minimum atomic E-state index is 0.363. The van der Waals surface area contributed by atoms with Gasteiger partial charge in [0.15, 0.2) is 0 Å². The summed E-state index contributed by atoms with van der Waals surface area (Å²) in [6.45, 7) is 2.10. The van der Waals surface area contributed by atoms with E-state index in [9.17, 15) is 0 Å². The molecular formula is C16H17NO2S. The van der Waals surface area contributed by atoms with Crippen molar-refractivity contribution in [1.29, 1.82) is 0 Å². The van der Waals surface area contributed by atoms with Crippen LogP contribution in [0.25, 0.3) is 0 Å². The van der Waals surface area contributed by atoms with Gasteiger partial charge in [0, 0.05) is 10.4 Å². The normalized spacial score (nSPS) is 9.85. The Morgan fingerprint density at radius 3 is 2.90 bits per heavy atom. The summed E-state index contributed by atoms with van der Waals surface area (Å²) in [5.74, 6) is 6.60. The van der Waals surface area contributed by atoms with E-state index in [4.69, 9.17) is 15.2 Å². The first kappa shape index (κ1) is 14.6.